The summed E-state index contributed by atoms with van der Waals surface area (Å²) in [5.41, 5.74) is 1.12. The van der Waals surface area contributed by atoms with Gasteiger partial charge in [0.15, 0.2) is 0 Å². The van der Waals surface area contributed by atoms with E-state index in [-0.39, 0.29) is 13.2 Å². The summed E-state index contributed by atoms with van der Waals surface area (Å²) < 4.78 is 31.0. The van der Waals surface area contributed by atoms with E-state index in [4.69, 9.17) is 16.3 Å². The predicted molar refractivity (Wildman–Crippen MR) is 66.8 cm³/mol. The van der Waals surface area contributed by atoms with Crippen molar-refractivity contribution >= 4 is 21.7 Å². The first-order valence-corrected chi connectivity index (χ1v) is 7.33. The number of halogens is 1. The van der Waals surface area contributed by atoms with Crippen molar-refractivity contribution in [3.63, 3.8) is 0 Å². The van der Waals surface area contributed by atoms with Gasteiger partial charge in [0.1, 0.15) is 0 Å². The standard InChI is InChI=1S/C11H15ClO4S/c1-17(13,14)16-9-8-15-7-6-10-2-4-11(12)5-3-10/h2-5H,6-9H2,1H3. The van der Waals surface area contributed by atoms with Gasteiger partial charge in [-0.05, 0) is 24.1 Å². The van der Waals surface area contributed by atoms with Crippen molar-refractivity contribution in [1.82, 2.24) is 0 Å². The van der Waals surface area contributed by atoms with Crippen LogP contribution in [0.3, 0.4) is 0 Å². The molecule has 0 radical (unpaired) electrons. The molecule has 0 aliphatic heterocycles. The topological polar surface area (TPSA) is 52.6 Å². The van der Waals surface area contributed by atoms with Crippen LogP contribution < -0.4 is 0 Å². The molecule has 0 unspecified atom stereocenters. The summed E-state index contributed by atoms with van der Waals surface area (Å²) in [5.74, 6) is 0. The van der Waals surface area contributed by atoms with Crippen molar-refractivity contribution in [2.24, 2.45) is 0 Å². The minimum atomic E-state index is -3.36. The van der Waals surface area contributed by atoms with Gasteiger partial charge in [0.05, 0.1) is 26.1 Å². The molecule has 0 aliphatic rings. The smallest absolute Gasteiger partial charge is 0.264 e. The van der Waals surface area contributed by atoms with E-state index in [2.05, 4.69) is 4.18 Å². The Bertz CT molecular complexity index is 427. The zero-order valence-corrected chi connectivity index (χ0v) is 11.1. The third kappa shape index (κ3) is 7.33. The third-order valence-corrected chi connectivity index (χ3v) is 2.82. The van der Waals surface area contributed by atoms with Crippen LogP contribution in [-0.2, 0) is 25.5 Å². The van der Waals surface area contributed by atoms with Crippen molar-refractivity contribution in [2.45, 2.75) is 6.42 Å². The average Bonchev–Trinajstić information content (AvgIpc) is 2.24. The van der Waals surface area contributed by atoms with Crippen molar-refractivity contribution in [3.05, 3.63) is 34.9 Å². The zero-order valence-electron chi connectivity index (χ0n) is 9.56. The second-order valence-electron chi connectivity index (χ2n) is 3.51. The molecule has 1 rings (SSSR count). The first kappa shape index (κ1) is 14.4. The van der Waals surface area contributed by atoms with E-state index in [9.17, 15) is 8.42 Å². The van der Waals surface area contributed by atoms with Gasteiger partial charge in [-0.2, -0.15) is 8.42 Å². The number of hydrogen-bond acceptors (Lipinski definition) is 4. The highest BCUT2D eigenvalue weighted by Gasteiger charge is 2.00. The monoisotopic (exact) mass is 278 g/mol. The lowest BCUT2D eigenvalue weighted by molar-refractivity contribution is 0.105. The summed E-state index contributed by atoms with van der Waals surface area (Å²) in [6.45, 7) is 0.842. The summed E-state index contributed by atoms with van der Waals surface area (Å²) in [5, 5.41) is 0.705. The van der Waals surface area contributed by atoms with Gasteiger partial charge in [-0.1, -0.05) is 23.7 Å². The molecule has 0 N–H and O–H groups in total. The van der Waals surface area contributed by atoms with Gasteiger partial charge in [0, 0.05) is 5.02 Å². The average molecular weight is 279 g/mol. The van der Waals surface area contributed by atoms with Crippen molar-refractivity contribution in [1.29, 1.82) is 0 Å². The zero-order chi connectivity index (χ0) is 12.7. The number of hydrogen-bond donors (Lipinski definition) is 0. The molecule has 0 heterocycles. The van der Waals surface area contributed by atoms with Crippen LogP contribution >= 0.6 is 11.6 Å². The van der Waals surface area contributed by atoms with Gasteiger partial charge in [0.25, 0.3) is 10.1 Å². The first-order chi connectivity index (χ1) is 7.97. The summed E-state index contributed by atoms with van der Waals surface area (Å²) >= 11 is 5.75. The summed E-state index contributed by atoms with van der Waals surface area (Å²) in [6.07, 6.45) is 1.77. The normalized spacial score (nSPS) is 11.6. The highest BCUT2D eigenvalue weighted by atomic mass is 35.5. The molecule has 0 saturated carbocycles. The highest BCUT2D eigenvalue weighted by molar-refractivity contribution is 7.85. The fourth-order valence-electron chi connectivity index (χ4n) is 1.19. The van der Waals surface area contributed by atoms with Crippen LogP contribution in [0.4, 0.5) is 0 Å². The lowest BCUT2D eigenvalue weighted by Gasteiger charge is -2.04. The Kier molecular flexibility index (Phi) is 5.91. The van der Waals surface area contributed by atoms with Crippen LogP contribution in [0.2, 0.25) is 5.02 Å². The molecule has 6 heteroatoms. The van der Waals surface area contributed by atoms with Gasteiger partial charge in [0.2, 0.25) is 0 Å². The minimum absolute atomic E-state index is 0.0550. The van der Waals surface area contributed by atoms with Gasteiger partial charge in [-0.25, -0.2) is 0 Å². The first-order valence-electron chi connectivity index (χ1n) is 5.14. The van der Waals surface area contributed by atoms with Crippen LogP contribution in [0.25, 0.3) is 0 Å². The molecular weight excluding hydrogens is 264 g/mol. The second kappa shape index (κ2) is 6.96. The number of ether oxygens (including phenoxy) is 1. The van der Waals surface area contributed by atoms with E-state index in [0.29, 0.717) is 11.6 Å². The van der Waals surface area contributed by atoms with Gasteiger partial charge < -0.3 is 4.74 Å². The summed E-state index contributed by atoms with van der Waals surface area (Å²) in [4.78, 5) is 0. The molecule has 17 heavy (non-hydrogen) atoms. The van der Waals surface area contributed by atoms with E-state index in [1.165, 1.54) is 0 Å². The van der Waals surface area contributed by atoms with Crippen molar-refractivity contribution in [2.75, 3.05) is 26.1 Å². The van der Waals surface area contributed by atoms with Crippen LogP contribution in [-0.4, -0.2) is 34.5 Å². The molecule has 1 aromatic rings. The van der Waals surface area contributed by atoms with Crippen molar-refractivity contribution in [3.8, 4) is 0 Å². The molecule has 0 spiro atoms. The highest BCUT2D eigenvalue weighted by Crippen LogP contribution is 2.09. The number of benzene rings is 1. The van der Waals surface area contributed by atoms with E-state index in [1.807, 2.05) is 24.3 Å². The SMILES string of the molecule is CS(=O)(=O)OCCOCCc1ccc(Cl)cc1. The lowest BCUT2D eigenvalue weighted by Crippen LogP contribution is -2.10. The fraction of sp³-hybridized carbons (Fsp3) is 0.455. The maximum atomic E-state index is 10.6. The molecule has 0 atom stereocenters. The Morgan fingerprint density at radius 1 is 1.12 bits per heavy atom. The van der Waals surface area contributed by atoms with E-state index >= 15 is 0 Å². The summed E-state index contributed by atoms with van der Waals surface area (Å²) in [7, 11) is -3.36. The van der Waals surface area contributed by atoms with Crippen LogP contribution in [0.5, 0.6) is 0 Å². The molecule has 4 nitrogen and oxygen atoms in total. The Morgan fingerprint density at radius 3 is 2.35 bits per heavy atom. The third-order valence-electron chi connectivity index (χ3n) is 1.97. The fourth-order valence-corrected chi connectivity index (χ4v) is 1.68. The predicted octanol–water partition coefficient (Wildman–Crippen LogP) is 1.88. The Hall–Kier alpha value is -0.620. The Balaban J connectivity index is 2.10. The molecule has 96 valence electrons. The van der Waals surface area contributed by atoms with E-state index in [1.54, 1.807) is 0 Å². The molecule has 0 aliphatic carbocycles. The van der Waals surface area contributed by atoms with E-state index < -0.39 is 10.1 Å². The number of rotatable bonds is 7. The quantitative estimate of drug-likeness (QED) is 0.564. The molecule has 0 saturated heterocycles. The molecule has 0 amide bonds. The summed E-state index contributed by atoms with van der Waals surface area (Å²) in [6, 6.07) is 7.50. The molecular formula is C11H15ClO4S. The van der Waals surface area contributed by atoms with Crippen LogP contribution in [0, 0.1) is 0 Å². The maximum absolute atomic E-state index is 10.6. The molecule has 0 bridgehead atoms. The van der Waals surface area contributed by atoms with Gasteiger partial charge in [-0.3, -0.25) is 4.18 Å². The second-order valence-corrected chi connectivity index (χ2v) is 5.60. The minimum Gasteiger partial charge on any atom is -0.379 e. The largest absolute Gasteiger partial charge is 0.379 e. The lowest BCUT2D eigenvalue weighted by atomic mass is 10.2. The van der Waals surface area contributed by atoms with Crippen LogP contribution in [0.15, 0.2) is 24.3 Å². The van der Waals surface area contributed by atoms with Gasteiger partial charge >= 0.3 is 0 Å². The van der Waals surface area contributed by atoms with Crippen LogP contribution in [0.1, 0.15) is 5.56 Å². The molecule has 0 aromatic heterocycles. The van der Waals surface area contributed by atoms with Gasteiger partial charge in [-0.15, -0.1) is 0 Å². The Labute approximate surface area is 107 Å². The van der Waals surface area contributed by atoms with E-state index in [0.717, 1.165) is 18.2 Å². The maximum Gasteiger partial charge on any atom is 0.264 e. The molecule has 0 fully saturated rings. The Morgan fingerprint density at radius 2 is 1.76 bits per heavy atom. The van der Waals surface area contributed by atoms with Crippen molar-refractivity contribution < 1.29 is 17.3 Å². The molecule has 1 aromatic carbocycles.